The molecule has 2 aromatic heterocycles. The summed E-state index contributed by atoms with van der Waals surface area (Å²) in [7, 11) is -1.61. The van der Waals surface area contributed by atoms with Crippen LogP contribution in [0.3, 0.4) is 0 Å². The van der Waals surface area contributed by atoms with Crippen molar-refractivity contribution >= 4 is 24.3 Å². The summed E-state index contributed by atoms with van der Waals surface area (Å²) in [6.45, 7) is 4.44. The van der Waals surface area contributed by atoms with Gasteiger partial charge >= 0.3 is 7.12 Å². The minimum absolute atomic E-state index is 0.182. The van der Waals surface area contributed by atoms with Crippen molar-refractivity contribution in [1.82, 2.24) is 19.7 Å². The monoisotopic (exact) mass is 363 g/mol. The number of rotatable bonds is 4. The number of hydrogen-bond acceptors (Lipinski definition) is 6. The van der Waals surface area contributed by atoms with Gasteiger partial charge in [0.2, 0.25) is 0 Å². The van der Waals surface area contributed by atoms with E-state index in [0.29, 0.717) is 29.4 Å². The van der Waals surface area contributed by atoms with Crippen LogP contribution in [0.2, 0.25) is 0 Å². The highest BCUT2D eigenvalue weighted by Gasteiger charge is 2.31. The van der Waals surface area contributed by atoms with Crippen LogP contribution in [0, 0.1) is 0 Å². The summed E-state index contributed by atoms with van der Waals surface area (Å²) < 4.78 is 1.92. The van der Waals surface area contributed by atoms with Crippen molar-refractivity contribution in [1.29, 1.82) is 0 Å². The Hall–Kier alpha value is -3.04. The number of carbonyl (C=O) groups is 1. The second-order valence-electron chi connectivity index (χ2n) is 6.72. The molecule has 0 saturated heterocycles. The van der Waals surface area contributed by atoms with E-state index >= 15 is 0 Å². The summed E-state index contributed by atoms with van der Waals surface area (Å²) >= 11 is 0. The maximum atomic E-state index is 12.8. The molecule has 2 N–H and O–H groups in total. The minimum atomic E-state index is -1.61. The Morgan fingerprint density at radius 3 is 2.74 bits per heavy atom. The molecule has 9 heteroatoms. The van der Waals surface area contributed by atoms with Crippen molar-refractivity contribution in [3.05, 3.63) is 53.9 Å². The number of nitrogens with zero attached hydrogens (tertiary/aromatic N) is 5. The fourth-order valence-corrected chi connectivity index (χ4v) is 3.17. The molecule has 0 fully saturated rings. The molecule has 1 aliphatic heterocycles. The van der Waals surface area contributed by atoms with Crippen LogP contribution in [-0.2, 0) is 6.54 Å². The molecule has 27 heavy (non-hydrogen) atoms. The maximum Gasteiger partial charge on any atom is 0.488 e. The van der Waals surface area contributed by atoms with Crippen LogP contribution in [0.25, 0.3) is 11.5 Å². The highest BCUT2D eigenvalue weighted by Crippen LogP contribution is 2.28. The first kappa shape index (κ1) is 17.4. The smallest absolute Gasteiger partial charge is 0.423 e. The largest absolute Gasteiger partial charge is 0.488 e. The van der Waals surface area contributed by atoms with Gasteiger partial charge in [0.05, 0.1) is 6.54 Å². The van der Waals surface area contributed by atoms with Gasteiger partial charge in [-0.2, -0.15) is 0 Å². The van der Waals surface area contributed by atoms with Crippen molar-refractivity contribution in [2.75, 3.05) is 4.90 Å². The lowest BCUT2D eigenvalue weighted by Gasteiger charge is -2.16. The van der Waals surface area contributed by atoms with Crippen molar-refractivity contribution in [3.8, 4) is 11.5 Å². The van der Waals surface area contributed by atoms with Crippen LogP contribution < -0.4 is 10.4 Å². The Bertz CT molecular complexity index is 1020. The predicted molar refractivity (Wildman–Crippen MR) is 100 cm³/mol. The van der Waals surface area contributed by atoms with Crippen molar-refractivity contribution in [2.24, 2.45) is 0 Å². The van der Waals surface area contributed by atoms with Crippen LogP contribution in [0.5, 0.6) is 0 Å². The Balaban J connectivity index is 1.69. The van der Waals surface area contributed by atoms with E-state index in [0.717, 1.165) is 5.56 Å². The Morgan fingerprint density at radius 1 is 1.19 bits per heavy atom. The molecular formula is C18H18BN5O3. The average molecular weight is 363 g/mol. The topological polar surface area (TPSA) is 104 Å². The van der Waals surface area contributed by atoms with Gasteiger partial charge in [0, 0.05) is 11.6 Å². The van der Waals surface area contributed by atoms with Crippen molar-refractivity contribution in [3.63, 3.8) is 0 Å². The van der Waals surface area contributed by atoms with Gasteiger partial charge in [-0.3, -0.25) is 9.69 Å². The van der Waals surface area contributed by atoms with Gasteiger partial charge in [-0.25, -0.2) is 4.98 Å². The predicted octanol–water partition coefficient (Wildman–Crippen LogP) is 0.761. The standard InChI is InChI=1S/C18H18BN5O3/c1-11(2)24-10-20-22-17(24)15-4-3-5-16(21-15)23-9-12-6-7-13(19(26)27)8-14(12)18(23)25/h3-8,10-11,26-27H,9H2,1-2H3. The third kappa shape index (κ3) is 3.00. The van der Waals surface area contributed by atoms with E-state index in [1.165, 1.54) is 6.07 Å². The number of anilines is 1. The lowest BCUT2D eigenvalue weighted by atomic mass is 9.79. The summed E-state index contributed by atoms with van der Waals surface area (Å²) in [5, 5.41) is 26.8. The molecule has 0 unspecified atom stereocenters. The molecule has 0 radical (unpaired) electrons. The summed E-state index contributed by atoms with van der Waals surface area (Å²) in [6.07, 6.45) is 1.66. The average Bonchev–Trinajstić information content (AvgIpc) is 3.27. The fraction of sp³-hybridized carbons (Fsp3) is 0.222. The van der Waals surface area contributed by atoms with Crippen LogP contribution >= 0.6 is 0 Å². The minimum Gasteiger partial charge on any atom is -0.423 e. The van der Waals surface area contributed by atoms with Crippen LogP contribution in [0.4, 0.5) is 5.82 Å². The highest BCUT2D eigenvalue weighted by molar-refractivity contribution is 6.58. The van der Waals surface area contributed by atoms with Gasteiger partial charge in [-0.1, -0.05) is 18.2 Å². The van der Waals surface area contributed by atoms with E-state index in [9.17, 15) is 14.8 Å². The normalized spacial score (nSPS) is 13.4. The van der Waals surface area contributed by atoms with E-state index in [1.54, 1.807) is 29.4 Å². The van der Waals surface area contributed by atoms with Gasteiger partial charge in [-0.15, -0.1) is 10.2 Å². The molecule has 0 spiro atoms. The Morgan fingerprint density at radius 2 is 2.00 bits per heavy atom. The van der Waals surface area contributed by atoms with Crippen LogP contribution in [0.15, 0.2) is 42.7 Å². The molecule has 0 saturated carbocycles. The number of fused-ring (bicyclic) bond motifs is 1. The molecular weight excluding hydrogens is 345 g/mol. The number of aromatic nitrogens is 4. The molecule has 136 valence electrons. The molecule has 8 nitrogen and oxygen atoms in total. The first-order valence-electron chi connectivity index (χ1n) is 8.63. The van der Waals surface area contributed by atoms with Gasteiger partial charge in [-0.05, 0) is 43.1 Å². The molecule has 1 aromatic carbocycles. The van der Waals surface area contributed by atoms with Crippen LogP contribution in [-0.4, -0.2) is 42.8 Å². The third-order valence-electron chi connectivity index (χ3n) is 4.61. The molecule has 1 aliphatic rings. The zero-order valence-electron chi connectivity index (χ0n) is 14.9. The number of benzene rings is 1. The lowest BCUT2D eigenvalue weighted by Crippen LogP contribution is -2.30. The van der Waals surface area contributed by atoms with Crippen LogP contribution in [0.1, 0.15) is 35.8 Å². The molecule has 1 amide bonds. The number of carbonyl (C=O) groups excluding carboxylic acids is 1. The third-order valence-corrected chi connectivity index (χ3v) is 4.61. The first-order valence-corrected chi connectivity index (χ1v) is 8.63. The van der Waals surface area contributed by atoms with E-state index in [1.807, 2.05) is 30.5 Å². The molecule has 0 atom stereocenters. The highest BCUT2D eigenvalue weighted by atomic mass is 16.4. The number of amides is 1. The summed E-state index contributed by atoms with van der Waals surface area (Å²) in [6, 6.07) is 10.5. The van der Waals surface area contributed by atoms with Gasteiger partial charge in [0.1, 0.15) is 17.8 Å². The molecule has 3 aromatic rings. The van der Waals surface area contributed by atoms with E-state index in [-0.39, 0.29) is 17.4 Å². The summed E-state index contributed by atoms with van der Waals surface area (Å²) in [4.78, 5) is 19.0. The van der Waals surface area contributed by atoms with E-state index < -0.39 is 7.12 Å². The van der Waals surface area contributed by atoms with Gasteiger partial charge < -0.3 is 14.6 Å². The lowest BCUT2D eigenvalue weighted by molar-refractivity contribution is 0.0996. The van der Waals surface area contributed by atoms with E-state index in [2.05, 4.69) is 15.2 Å². The number of pyridine rings is 1. The zero-order chi connectivity index (χ0) is 19.1. The molecule has 0 bridgehead atoms. The van der Waals surface area contributed by atoms with Crippen molar-refractivity contribution in [2.45, 2.75) is 26.4 Å². The van der Waals surface area contributed by atoms with Gasteiger partial charge in [0.15, 0.2) is 5.82 Å². The Labute approximate surface area is 156 Å². The number of hydrogen-bond donors (Lipinski definition) is 2. The quantitative estimate of drug-likeness (QED) is 0.664. The summed E-state index contributed by atoms with van der Waals surface area (Å²) in [5.41, 5.74) is 2.20. The van der Waals surface area contributed by atoms with E-state index in [4.69, 9.17) is 0 Å². The Kier molecular flexibility index (Phi) is 4.25. The van der Waals surface area contributed by atoms with Gasteiger partial charge in [0.25, 0.3) is 5.91 Å². The first-order chi connectivity index (χ1) is 13.0. The maximum absolute atomic E-state index is 12.8. The molecule has 4 rings (SSSR count). The second-order valence-corrected chi connectivity index (χ2v) is 6.72. The van der Waals surface area contributed by atoms with Crippen molar-refractivity contribution < 1.29 is 14.8 Å². The molecule has 3 heterocycles. The summed E-state index contributed by atoms with van der Waals surface area (Å²) in [5.74, 6) is 0.933. The zero-order valence-corrected chi connectivity index (χ0v) is 14.9. The second kappa shape index (κ2) is 6.60. The molecule has 0 aliphatic carbocycles. The SMILES string of the molecule is CC(C)n1cnnc1-c1cccc(N2Cc3ccc(B(O)O)cc3C2=O)n1. The fourth-order valence-electron chi connectivity index (χ4n) is 3.17.